The minimum absolute atomic E-state index is 0.545. The quantitative estimate of drug-likeness (QED) is 0.686. The number of rotatable bonds is 5. The average Bonchev–Trinajstić information content (AvgIpc) is 2.57. The van der Waals surface area contributed by atoms with Gasteiger partial charge in [-0.3, -0.25) is 0 Å². The van der Waals surface area contributed by atoms with Gasteiger partial charge in [0.15, 0.2) is 0 Å². The van der Waals surface area contributed by atoms with Crippen LogP contribution in [0.4, 0.5) is 0 Å². The fraction of sp³-hybridized carbons (Fsp3) is 1.00. The van der Waals surface area contributed by atoms with Gasteiger partial charge >= 0.3 is 0 Å². The Morgan fingerprint density at radius 3 is 1.90 bits per heavy atom. The molecule has 0 aromatic heterocycles. The summed E-state index contributed by atoms with van der Waals surface area (Å²) in [7, 11) is 0. The first-order valence-electron chi connectivity index (χ1n) is 9.62. The van der Waals surface area contributed by atoms with Crippen LogP contribution in [0.25, 0.3) is 0 Å². The van der Waals surface area contributed by atoms with Gasteiger partial charge in [-0.05, 0) is 57.8 Å². The summed E-state index contributed by atoms with van der Waals surface area (Å²) in [6.07, 6.45) is 11.7. The van der Waals surface area contributed by atoms with Gasteiger partial charge in [-0.2, -0.15) is 0 Å². The van der Waals surface area contributed by atoms with Crippen LogP contribution in [0, 0.1) is 5.92 Å². The third-order valence-electron chi connectivity index (χ3n) is 5.45. The van der Waals surface area contributed by atoms with Crippen LogP contribution in [0.5, 0.6) is 0 Å². The van der Waals surface area contributed by atoms with Crippen LogP contribution < -0.4 is 0 Å². The van der Waals surface area contributed by atoms with Gasteiger partial charge in [0.1, 0.15) is 0 Å². The molecule has 1 saturated carbocycles. The minimum Gasteiger partial charge on any atom is -0.375 e. The van der Waals surface area contributed by atoms with E-state index >= 15 is 0 Å². The molecule has 1 aliphatic heterocycles. The Hall–Kier alpha value is -0.0800. The second-order valence-electron chi connectivity index (χ2n) is 6.68. The first-order valence-corrected chi connectivity index (χ1v) is 9.62. The van der Waals surface area contributed by atoms with Crippen molar-refractivity contribution in [1.82, 2.24) is 4.90 Å². The lowest BCUT2D eigenvalue weighted by Crippen LogP contribution is -2.43. The molecule has 0 bridgehead atoms. The van der Waals surface area contributed by atoms with Crippen molar-refractivity contribution in [2.24, 2.45) is 5.92 Å². The molecule has 1 aliphatic carbocycles. The van der Waals surface area contributed by atoms with E-state index in [4.69, 9.17) is 4.74 Å². The maximum absolute atomic E-state index is 6.36. The Morgan fingerprint density at radius 1 is 0.905 bits per heavy atom. The third-order valence-corrected chi connectivity index (χ3v) is 5.45. The summed E-state index contributed by atoms with van der Waals surface area (Å²) in [4.78, 5) is 2.63. The van der Waals surface area contributed by atoms with Crippen LogP contribution in [-0.2, 0) is 4.74 Å². The average molecular weight is 298 g/mol. The normalized spacial score (nSPS) is 29.6. The van der Waals surface area contributed by atoms with Crippen LogP contribution in [0.1, 0.15) is 86.0 Å². The van der Waals surface area contributed by atoms with Crippen LogP contribution in [-0.4, -0.2) is 36.2 Å². The van der Waals surface area contributed by atoms with Gasteiger partial charge in [0.2, 0.25) is 0 Å². The zero-order valence-electron chi connectivity index (χ0n) is 15.2. The van der Waals surface area contributed by atoms with Crippen molar-refractivity contribution in [2.75, 3.05) is 13.1 Å². The zero-order chi connectivity index (χ0) is 15.7. The molecule has 2 nitrogen and oxygen atoms in total. The summed E-state index contributed by atoms with van der Waals surface area (Å²) >= 11 is 0. The molecule has 1 atom stereocenters. The monoisotopic (exact) mass is 297 g/mol. The first-order chi connectivity index (χ1) is 10.2. The number of hydrogen-bond acceptors (Lipinski definition) is 2. The highest BCUT2D eigenvalue weighted by Gasteiger charge is 2.27. The summed E-state index contributed by atoms with van der Waals surface area (Å²) in [6.45, 7) is 13.5. The lowest BCUT2D eigenvalue weighted by atomic mass is 9.85. The summed E-state index contributed by atoms with van der Waals surface area (Å²) in [5.41, 5.74) is 0. The highest BCUT2D eigenvalue weighted by Crippen LogP contribution is 2.30. The molecule has 2 aliphatic rings. The largest absolute Gasteiger partial charge is 0.375 e. The molecule has 2 rings (SSSR count). The Kier molecular flexibility index (Phi) is 9.59. The summed E-state index contributed by atoms with van der Waals surface area (Å²) < 4.78 is 6.36. The Labute approximate surface area is 133 Å². The molecule has 2 fully saturated rings. The standard InChI is InChI=1S/C17H33NO.C2H6/c1-4-14(3)18-12-10-17(11-13-18)19-16-8-6-15(5-2)7-9-16;1-2/h14-17H,4-13H2,1-3H3;1-2H3. The predicted molar refractivity (Wildman–Crippen MR) is 92.8 cm³/mol. The second-order valence-corrected chi connectivity index (χ2v) is 6.68. The van der Waals surface area contributed by atoms with Gasteiger partial charge in [-0.15, -0.1) is 0 Å². The maximum Gasteiger partial charge on any atom is 0.0603 e. The molecule has 0 aromatic carbocycles. The first kappa shape index (κ1) is 19.0. The summed E-state index contributed by atoms with van der Waals surface area (Å²) in [5, 5.41) is 0. The molecular formula is C19H39NO. The molecule has 1 saturated heterocycles. The molecule has 0 N–H and O–H groups in total. The number of likely N-dealkylation sites (tertiary alicyclic amines) is 1. The zero-order valence-corrected chi connectivity index (χ0v) is 15.2. The van der Waals surface area contributed by atoms with Crippen molar-refractivity contribution in [1.29, 1.82) is 0 Å². The third kappa shape index (κ3) is 6.28. The van der Waals surface area contributed by atoms with E-state index in [9.17, 15) is 0 Å². The van der Waals surface area contributed by atoms with Crippen molar-refractivity contribution in [2.45, 2.75) is 104 Å². The summed E-state index contributed by atoms with van der Waals surface area (Å²) in [6, 6.07) is 0.751. The van der Waals surface area contributed by atoms with E-state index in [2.05, 4.69) is 25.7 Å². The Morgan fingerprint density at radius 2 is 1.43 bits per heavy atom. The van der Waals surface area contributed by atoms with Gasteiger partial charge in [-0.1, -0.05) is 34.1 Å². The summed E-state index contributed by atoms with van der Waals surface area (Å²) in [5.74, 6) is 0.979. The molecule has 0 spiro atoms. The van der Waals surface area contributed by atoms with E-state index in [0.29, 0.717) is 12.2 Å². The van der Waals surface area contributed by atoms with Crippen LogP contribution in [0.15, 0.2) is 0 Å². The van der Waals surface area contributed by atoms with E-state index < -0.39 is 0 Å². The highest BCUT2D eigenvalue weighted by atomic mass is 16.5. The highest BCUT2D eigenvalue weighted by molar-refractivity contribution is 4.79. The lowest BCUT2D eigenvalue weighted by molar-refractivity contribution is -0.0644. The number of nitrogens with zero attached hydrogens (tertiary/aromatic N) is 1. The van der Waals surface area contributed by atoms with E-state index in [0.717, 1.165) is 12.0 Å². The van der Waals surface area contributed by atoms with Gasteiger partial charge in [0.25, 0.3) is 0 Å². The number of ether oxygens (including phenoxy) is 1. The predicted octanol–water partition coefficient (Wildman–Crippen LogP) is 5.26. The molecule has 126 valence electrons. The number of piperidine rings is 1. The minimum atomic E-state index is 0.545. The topological polar surface area (TPSA) is 12.5 Å². The molecule has 21 heavy (non-hydrogen) atoms. The Bertz CT molecular complexity index is 240. The molecule has 1 unspecified atom stereocenters. The van der Waals surface area contributed by atoms with E-state index in [-0.39, 0.29) is 0 Å². The van der Waals surface area contributed by atoms with E-state index in [1.807, 2.05) is 13.8 Å². The van der Waals surface area contributed by atoms with Crippen molar-refractivity contribution >= 4 is 0 Å². The molecule has 0 amide bonds. The van der Waals surface area contributed by atoms with Crippen molar-refractivity contribution in [3.05, 3.63) is 0 Å². The van der Waals surface area contributed by atoms with E-state index in [1.54, 1.807) is 0 Å². The van der Waals surface area contributed by atoms with Crippen LogP contribution >= 0.6 is 0 Å². The van der Waals surface area contributed by atoms with Crippen LogP contribution in [0.3, 0.4) is 0 Å². The van der Waals surface area contributed by atoms with Gasteiger partial charge in [-0.25, -0.2) is 0 Å². The smallest absolute Gasteiger partial charge is 0.0603 e. The molecule has 1 heterocycles. The van der Waals surface area contributed by atoms with Crippen molar-refractivity contribution < 1.29 is 4.74 Å². The molecule has 0 radical (unpaired) electrons. The van der Waals surface area contributed by atoms with Crippen molar-refractivity contribution in [3.8, 4) is 0 Å². The fourth-order valence-corrected chi connectivity index (χ4v) is 3.66. The molecular weight excluding hydrogens is 258 g/mol. The number of hydrogen-bond donors (Lipinski definition) is 0. The second kappa shape index (κ2) is 10.6. The maximum atomic E-state index is 6.36. The van der Waals surface area contributed by atoms with Gasteiger partial charge in [0, 0.05) is 19.1 Å². The van der Waals surface area contributed by atoms with E-state index in [1.165, 1.54) is 64.5 Å². The van der Waals surface area contributed by atoms with Crippen LogP contribution in [0.2, 0.25) is 0 Å². The van der Waals surface area contributed by atoms with Gasteiger partial charge in [0.05, 0.1) is 12.2 Å². The molecule has 2 heteroatoms. The lowest BCUT2D eigenvalue weighted by Gasteiger charge is -2.38. The fourth-order valence-electron chi connectivity index (χ4n) is 3.66. The molecule has 0 aromatic rings. The Balaban J connectivity index is 0.00000106. The van der Waals surface area contributed by atoms with Crippen molar-refractivity contribution in [3.63, 3.8) is 0 Å². The SMILES string of the molecule is CC.CCC1CCC(OC2CCN(C(C)CC)CC2)CC1. The van der Waals surface area contributed by atoms with Gasteiger partial charge < -0.3 is 9.64 Å².